The smallest absolute Gasteiger partial charge is 0.258 e. The molecule has 0 fully saturated rings. The summed E-state index contributed by atoms with van der Waals surface area (Å²) in [6, 6.07) is 0. The van der Waals surface area contributed by atoms with Gasteiger partial charge in [-0.3, -0.25) is 9.36 Å². The van der Waals surface area contributed by atoms with Gasteiger partial charge in [-0.25, -0.2) is 4.98 Å². The van der Waals surface area contributed by atoms with Gasteiger partial charge in [0.25, 0.3) is 5.56 Å². The molecule has 0 spiro atoms. The van der Waals surface area contributed by atoms with Crippen LogP contribution in [0, 0.1) is 0 Å². The molecule has 1 N–H and O–H groups in total. The van der Waals surface area contributed by atoms with Crippen LogP contribution in [0.15, 0.2) is 4.79 Å². The fourth-order valence-corrected chi connectivity index (χ4v) is 2.03. The highest BCUT2D eigenvalue weighted by atomic mass is 16.1. The van der Waals surface area contributed by atoms with Crippen molar-refractivity contribution in [3.05, 3.63) is 27.4 Å². The van der Waals surface area contributed by atoms with Gasteiger partial charge < -0.3 is 5.32 Å². The highest BCUT2D eigenvalue weighted by Crippen LogP contribution is 2.15. The Morgan fingerprint density at radius 3 is 2.80 bits per heavy atom. The molecule has 0 amide bonds. The van der Waals surface area contributed by atoms with E-state index in [2.05, 4.69) is 24.1 Å². The molecule has 2 rings (SSSR count). The molecule has 0 aliphatic carbocycles. The van der Waals surface area contributed by atoms with E-state index in [1.165, 1.54) is 0 Å². The fourth-order valence-electron chi connectivity index (χ4n) is 2.03. The predicted molar refractivity (Wildman–Crippen MR) is 58.8 cm³/mol. The summed E-state index contributed by atoms with van der Waals surface area (Å²) in [5, 5.41) is 3.17. The minimum Gasteiger partial charge on any atom is -0.307 e. The highest BCUT2D eigenvalue weighted by molar-refractivity contribution is 5.23. The Morgan fingerprint density at radius 2 is 2.20 bits per heavy atom. The summed E-state index contributed by atoms with van der Waals surface area (Å²) in [5.41, 5.74) is 1.92. The summed E-state index contributed by atoms with van der Waals surface area (Å²) in [5.74, 6) is 1.20. The standard InChI is InChI=1S/C11H17N3O/c1-4-14-10(7(2)3)13-9-6-12-5-8(9)11(14)15/h7,12H,4-6H2,1-3H3. The predicted octanol–water partition coefficient (Wildman–Crippen LogP) is 0.990. The summed E-state index contributed by atoms with van der Waals surface area (Å²) in [6.07, 6.45) is 0. The maximum Gasteiger partial charge on any atom is 0.258 e. The summed E-state index contributed by atoms with van der Waals surface area (Å²) in [7, 11) is 0. The monoisotopic (exact) mass is 207 g/mol. The molecule has 0 bridgehead atoms. The van der Waals surface area contributed by atoms with Crippen molar-refractivity contribution in [2.75, 3.05) is 0 Å². The highest BCUT2D eigenvalue weighted by Gasteiger charge is 2.20. The number of nitrogens with zero attached hydrogens (tertiary/aromatic N) is 2. The van der Waals surface area contributed by atoms with Crippen LogP contribution in [0.2, 0.25) is 0 Å². The summed E-state index contributed by atoms with van der Waals surface area (Å²) >= 11 is 0. The van der Waals surface area contributed by atoms with Gasteiger partial charge in [0.2, 0.25) is 0 Å². The van der Waals surface area contributed by atoms with Crippen molar-refractivity contribution in [3.8, 4) is 0 Å². The molecule has 1 aromatic rings. The molecule has 0 saturated heterocycles. The molecule has 2 heterocycles. The SMILES string of the molecule is CCn1c(C(C)C)nc2c(c1=O)CNC2. The Bertz CT molecular complexity index is 434. The van der Waals surface area contributed by atoms with Gasteiger partial charge in [0.05, 0.1) is 11.3 Å². The average molecular weight is 207 g/mol. The van der Waals surface area contributed by atoms with Crippen LogP contribution in [-0.4, -0.2) is 9.55 Å². The molecule has 1 aliphatic rings. The lowest BCUT2D eigenvalue weighted by Crippen LogP contribution is -2.28. The third kappa shape index (κ3) is 1.59. The molecule has 0 unspecified atom stereocenters. The summed E-state index contributed by atoms with van der Waals surface area (Å²) < 4.78 is 1.79. The minimum absolute atomic E-state index is 0.135. The Labute approximate surface area is 89.3 Å². The first-order valence-corrected chi connectivity index (χ1v) is 5.48. The van der Waals surface area contributed by atoms with Crippen LogP contribution in [0.25, 0.3) is 0 Å². The lowest BCUT2D eigenvalue weighted by molar-refractivity contribution is 0.599. The van der Waals surface area contributed by atoms with Crippen LogP contribution in [0.4, 0.5) is 0 Å². The lowest BCUT2D eigenvalue weighted by atomic mass is 10.1. The topological polar surface area (TPSA) is 46.9 Å². The van der Waals surface area contributed by atoms with Crippen molar-refractivity contribution in [1.29, 1.82) is 0 Å². The van der Waals surface area contributed by atoms with Crippen molar-refractivity contribution in [2.24, 2.45) is 0 Å². The molecule has 0 radical (unpaired) electrons. The van der Waals surface area contributed by atoms with Crippen LogP contribution in [0.1, 0.15) is 43.8 Å². The molecule has 4 nitrogen and oxygen atoms in total. The maximum absolute atomic E-state index is 12.1. The second-order valence-corrected chi connectivity index (χ2v) is 4.20. The van der Waals surface area contributed by atoms with Crippen molar-refractivity contribution >= 4 is 0 Å². The molecule has 4 heteroatoms. The van der Waals surface area contributed by atoms with Gasteiger partial charge in [-0.2, -0.15) is 0 Å². The maximum atomic E-state index is 12.1. The summed E-state index contributed by atoms with van der Waals surface area (Å²) in [4.78, 5) is 16.7. The van der Waals surface area contributed by atoms with Gasteiger partial charge in [-0.15, -0.1) is 0 Å². The second kappa shape index (κ2) is 3.77. The molecule has 15 heavy (non-hydrogen) atoms. The van der Waals surface area contributed by atoms with E-state index in [0.717, 1.165) is 23.6 Å². The third-order valence-electron chi connectivity index (χ3n) is 2.80. The van der Waals surface area contributed by atoms with E-state index in [9.17, 15) is 4.79 Å². The Morgan fingerprint density at radius 1 is 1.47 bits per heavy atom. The molecule has 82 valence electrons. The van der Waals surface area contributed by atoms with Crippen LogP contribution in [0.3, 0.4) is 0 Å². The van der Waals surface area contributed by atoms with Crippen molar-refractivity contribution in [2.45, 2.75) is 46.3 Å². The largest absolute Gasteiger partial charge is 0.307 e. The average Bonchev–Trinajstić information content (AvgIpc) is 2.65. The van der Waals surface area contributed by atoms with Crippen LogP contribution in [-0.2, 0) is 19.6 Å². The van der Waals surface area contributed by atoms with Gasteiger partial charge in [0.1, 0.15) is 5.82 Å². The zero-order valence-corrected chi connectivity index (χ0v) is 9.50. The van der Waals surface area contributed by atoms with Gasteiger partial charge in [-0.05, 0) is 6.92 Å². The molecule has 0 atom stereocenters. The molecule has 1 aliphatic heterocycles. The Balaban J connectivity index is 2.67. The van der Waals surface area contributed by atoms with Gasteiger partial charge in [0, 0.05) is 25.6 Å². The van der Waals surface area contributed by atoms with E-state index < -0.39 is 0 Å². The number of fused-ring (bicyclic) bond motifs is 1. The van der Waals surface area contributed by atoms with Gasteiger partial charge in [-0.1, -0.05) is 13.8 Å². The third-order valence-corrected chi connectivity index (χ3v) is 2.80. The molecular formula is C11H17N3O. The lowest BCUT2D eigenvalue weighted by Gasteiger charge is -2.14. The zero-order valence-electron chi connectivity index (χ0n) is 9.50. The quantitative estimate of drug-likeness (QED) is 0.786. The number of aromatic nitrogens is 2. The first-order chi connectivity index (χ1) is 7.15. The normalized spacial score (nSPS) is 14.7. The fraction of sp³-hybridized carbons (Fsp3) is 0.636. The van der Waals surface area contributed by atoms with Gasteiger partial charge in [0.15, 0.2) is 0 Å². The number of hydrogen-bond acceptors (Lipinski definition) is 3. The van der Waals surface area contributed by atoms with E-state index in [1.807, 2.05) is 6.92 Å². The number of hydrogen-bond donors (Lipinski definition) is 1. The Kier molecular flexibility index (Phi) is 2.61. The molecule has 0 saturated carbocycles. The first kappa shape index (κ1) is 10.4. The first-order valence-electron chi connectivity index (χ1n) is 5.48. The Hall–Kier alpha value is -1.16. The van der Waals surface area contributed by atoms with E-state index >= 15 is 0 Å². The van der Waals surface area contributed by atoms with Crippen LogP contribution in [0.5, 0.6) is 0 Å². The van der Waals surface area contributed by atoms with Crippen molar-refractivity contribution in [1.82, 2.24) is 14.9 Å². The zero-order chi connectivity index (χ0) is 11.0. The summed E-state index contributed by atoms with van der Waals surface area (Å²) in [6.45, 7) is 8.23. The minimum atomic E-state index is 0.135. The van der Waals surface area contributed by atoms with Crippen LogP contribution < -0.4 is 10.9 Å². The molecule has 0 aromatic carbocycles. The van der Waals surface area contributed by atoms with E-state index in [1.54, 1.807) is 4.57 Å². The van der Waals surface area contributed by atoms with Crippen LogP contribution >= 0.6 is 0 Å². The molecular weight excluding hydrogens is 190 g/mol. The van der Waals surface area contributed by atoms with E-state index in [4.69, 9.17) is 0 Å². The second-order valence-electron chi connectivity index (χ2n) is 4.20. The van der Waals surface area contributed by atoms with E-state index in [0.29, 0.717) is 19.0 Å². The number of nitrogens with one attached hydrogen (secondary N) is 1. The van der Waals surface area contributed by atoms with Crippen molar-refractivity contribution < 1.29 is 0 Å². The number of rotatable bonds is 2. The van der Waals surface area contributed by atoms with E-state index in [-0.39, 0.29) is 5.56 Å². The van der Waals surface area contributed by atoms with Crippen molar-refractivity contribution in [3.63, 3.8) is 0 Å². The molecule has 1 aromatic heterocycles. The van der Waals surface area contributed by atoms with Gasteiger partial charge >= 0.3 is 0 Å².